The van der Waals surface area contributed by atoms with Gasteiger partial charge >= 0.3 is 0 Å². The van der Waals surface area contributed by atoms with E-state index in [1.807, 2.05) is 0 Å². The van der Waals surface area contributed by atoms with Crippen LogP contribution in [0.3, 0.4) is 0 Å². The van der Waals surface area contributed by atoms with Gasteiger partial charge in [-0.2, -0.15) is 0 Å². The van der Waals surface area contributed by atoms with Crippen molar-refractivity contribution in [1.29, 1.82) is 0 Å². The summed E-state index contributed by atoms with van der Waals surface area (Å²) in [6.07, 6.45) is 0.733. The molecule has 1 rings (SSSR count). The molecule has 0 saturated carbocycles. The van der Waals surface area contributed by atoms with E-state index in [9.17, 15) is 4.39 Å². The van der Waals surface area contributed by atoms with E-state index in [1.54, 1.807) is 0 Å². The molecule has 2 nitrogen and oxygen atoms in total. The summed E-state index contributed by atoms with van der Waals surface area (Å²) >= 11 is 5.24. The third-order valence-corrected chi connectivity index (χ3v) is 0.966. The second-order valence-corrected chi connectivity index (χ2v) is 1.69. The van der Waals surface area contributed by atoms with Crippen molar-refractivity contribution in [3.8, 4) is 0 Å². The van der Waals surface area contributed by atoms with Crippen molar-refractivity contribution in [2.45, 2.75) is 6.85 Å². The van der Waals surface area contributed by atoms with Crippen LogP contribution < -0.4 is 0 Å². The molecule has 0 fully saturated rings. The molecule has 0 saturated heterocycles. The Labute approximate surface area is 60.9 Å². The SMILES string of the molecule is [2H]C([2H])([2H])c1ncc(F)c(Cl)n1. The molecule has 0 aliphatic rings. The minimum Gasteiger partial charge on any atom is -0.239 e. The van der Waals surface area contributed by atoms with Crippen molar-refractivity contribution >= 4 is 11.6 Å². The molecule has 0 unspecified atom stereocenters. The van der Waals surface area contributed by atoms with Crippen LogP contribution in [0.5, 0.6) is 0 Å². The van der Waals surface area contributed by atoms with E-state index in [4.69, 9.17) is 15.7 Å². The first kappa shape index (κ1) is 3.46. The summed E-state index contributed by atoms with van der Waals surface area (Å²) in [5.74, 6) is -1.28. The molecule has 1 heterocycles. The first-order valence-electron chi connectivity index (χ1n) is 3.60. The minimum absolute atomic E-state index is 0.450. The Balaban J connectivity index is 3.14. The number of hydrogen-bond acceptors (Lipinski definition) is 2. The molecule has 4 heteroatoms. The van der Waals surface area contributed by atoms with Crippen LogP contribution >= 0.6 is 11.6 Å². The van der Waals surface area contributed by atoms with Crippen LogP contribution in [-0.4, -0.2) is 9.97 Å². The van der Waals surface area contributed by atoms with Crippen molar-refractivity contribution in [3.63, 3.8) is 0 Å². The maximum atomic E-state index is 12.4. The van der Waals surface area contributed by atoms with Crippen LogP contribution in [0.25, 0.3) is 0 Å². The maximum Gasteiger partial charge on any atom is 0.178 e. The monoisotopic (exact) mass is 149 g/mol. The van der Waals surface area contributed by atoms with Gasteiger partial charge in [-0.15, -0.1) is 0 Å². The Bertz CT molecular complexity index is 301. The second-order valence-electron chi connectivity index (χ2n) is 1.33. The molecule has 48 valence electrons. The van der Waals surface area contributed by atoms with Crippen molar-refractivity contribution < 1.29 is 8.50 Å². The Morgan fingerprint density at radius 1 is 1.89 bits per heavy atom. The standard InChI is InChI=1S/C5H4ClFN2/c1-3-8-2-4(7)5(6)9-3/h2H,1H3/i1D3. The van der Waals surface area contributed by atoms with E-state index in [0.717, 1.165) is 6.20 Å². The zero-order valence-corrected chi connectivity index (χ0v) is 4.98. The molecule has 0 bridgehead atoms. The Morgan fingerprint density at radius 2 is 2.67 bits per heavy atom. The summed E-state index contributed by atoms with van der Waals surface area (Å²) in [7, 11) is 0. The van der Waals surface area contributed by atoms with Crippen molar-refractivity contribution in [1.82, 2.24) is 9.97 Å². The summed E-state index contributed by atoms with van der Waals surface area (Å²) in [6, 6.07) is 0. The molecule has 0 atom stereocenters. The molecule has 0 aliphatic carbocycles. The van der Waals surface area contributed by atoms with Gasteiger partial charge in [-0.25, -0.2) is 14.4 Å². The summed E-state index contributed by atoms with van der Waals surface area (Å²) in [5, 5.41) is -0.476. The highest BCUT2D eigenvalue weighted by atomic mass is 35.5. The van der Waals surface area contributed by atoms with E-state index in [1.165, 1.54) is 0 Å². The smallest absolute Gasteiger partial charge is 0.178 e. The van der Waals surface area contributed by atoms with Crippen LogP contribution in [0.15, 0.2) is 6.20 Å². The van der Waals surface area contributed by atoms with Gasteiger partial charge in [0.2, 0.25) is 0 Å². The number of halogens is 2. The molecule has 9 heavy (non-hydrogen) atoms. The molecule has 0 radical (unpaired) electrons. The van der Waals surface area contributed by atoms with Gasteiger partial charge in [-0.05, 0) is 6.85 Å². The fraction of sp³-hybridized carbons (Fsp3) is 0.200. The van der Waals surface area contributed by atoms with Crippen LogP contribution in [0.2, 0.25) is 5.15 Å². The first-order valence-corrected chi connectivity index (χ1v) is 2.47. The summed E-state index contributed by atoms with van der Waals surface area (Å²) in [6.45, 7) is -2.45. The van der Waals surface area contributed by atoms with Crippen LogP contribution in [-0.2, 0) is 0 Å². The molecule has 0 aliphatic heterocycles. The highest BCUT2D eigenvalue weighted by molar-refractivity contribution is 6.29. The van der Waals surface area contributed by atoms with E-state index in [0.29, 0.717) is 0 Å². The van der Waals surface area contributed by atoms with Gasteiger partial charge in [0.1, 0.15) is 5.82 Å². The predicted molar refractivity (Wildman–Crippen MR) is 31.7 cm³/mol. The predicted octanol–water partition coefficient (Wildman–Crippen LogP) is 1.58. The number of hydrogen-bond donors (Lipinski definition) is 0. The molecule has 1 aromatic rings. The number of aromatic nitrogens is 2. The lowest BCUT2D eigenvalue weighted by atomic mass is 10.6. The normalized spacial score (nSPS) is 16.0. The van der Waals surface area contributed by atoms with Crippen molar-refractivity contribution in [2.24, 2.45) is 0 Å². The number of nitrogens with zero attached hydrogens (tertiary/aromatic N) is 2. The summed E-state index contributed by atoms with van der Waals surface area (Å²) in [5.41, 5.74) is 0. The lowest BCUT2D eigenvalue weighted by Gasteiger charge is -1.91. The summed E-state index contributed by atoms with van der Waals surface area (Å²) in [4.78, 5) is 6.54. The van der Waals surface area contributed by atoms with Crippen molar-refractivity contribution in [3.05, 3.63) is 23.0 Å². The van der Waals surface area contributed by atoms with Gasteiger partial charge in [0.15, 0.2) is 11.0 Å². The van der Waals surface area contributed by atoms with E-state index in [2.05, 4.69) is 9.97 Å². The van der Waals surface area contributed by atoms with Crippen LogP contribution in [0.1, 0.15) is 9.94 Å². The van der Waals surface area contributed by atoms with Crippen LogP contribution in [0.4, 0.5) is 4.39 Å². The van der Waals surface area contributed by atoms with Gasteiger partial charge in [0.05, 0.1) is 6.20 Å². The third kappa shape index (κ3) is 1.36. The Kier molecular flexibility index (Phi) is 0.873. The molecule has 1 aromatic heterocycles. The Hall–Kier alpha value is -0.700. The highest BCUT2D eigenvalue weighted by Crippen LogP contribution is 2.07. The van der Waals surface area contributed by atoms with Gasteiger partial charge in [-0.3, -0.25) is 0 Å². The zero-order chi connectivity index (χ0) is 9.35. The highest BCUT2D eigenvalue weighted by Gasteiger charge is 1.98. The quantitative estimate of drug-likeness (QED) is 0.524. The van der Waals surface area contributed by atoms with Gasteiger partial charge in [0, 0.05) is 4.11 Å². The van der Waals surface area contributed by atoms with Gasteiger partial charge < -0.3 is 0 Å². The molecular weight excluding hydrogens is 143 g/mol. The molecule has 0 aromatic carbocycles. The average molecular weight is 150 g/mol. The second kappa shape index (κ2) is 2.27. The lowest BCUT2D eigenvalue weighted by Crippen LogP contribution is -1.89. The number of rotatable bonds is 0. The topological polar surface area (TPSA) is 25.8 Å². The van der Waals surface area contributed by atoms with Crippen LogP contribution in [0, 0.1) is 12.7 Å². The molecule has 0 amide bonds. The van der Waals surface area contributed by atoms with E-state index >= 15 is 0 Å². The van der Waals surface area contributed by atoms with Gasteiger partial charge in [0.25, 0.3) is 0 Å². The fourth-order valence-corrected chi connectivity index (χ4v) is 0.475. The molecule has 0 N–H and O–H groups in total. The molecule has 0 spiro atoms. The lowest BCUT2D eigenvalue weighted by molar-refractivity contribution is 0.611. The average Bonchev–Trinajstić information content (AvgIpc) is 1.92. The number of aryl methyl sites for hydroxylation is 1. The minimum atomic E-state index is -2.45. The third-order valence-electron chi connectivity index (χ3n) is 0.701. The zero-order valence-electron chi connectivity index (χ0n) is 7.23. The van der Waals surface area contributed by atoms with E-state index < -0.39 is 23.6 Å². The fourth-order valence-electron chi connectivity index (χ4n) is 0.346. The summed E-state index contributed by atoms with van der Waals surface area (Å²) < 4.78 is 33.0. The maximum absolute atomic E-state index is 12.4. The Morgan fingerprint density at radius 3 is 3.22 bits per heavy atom. The molecular formula is C5H4ClFN2. The van der Waals surface area contributed by atoms with E-state index in [-0.39, 0.29) is 0 Å². The largest absolute Gasteiger partial charge is 0.239 e. The first-order chi connectivity index (χ1) is 5.41. The van der Waals surface area contributed by atoms with Gasteiger partial charge in [-0.1, -0.05) is 11.6 Å². The van der Waals surface area contributed by atoms with Crippen molar-refractivity contribution in [2.75, 3.05) is 0 Å².